The van der Waals surface area contributed by atoms with E-state index in [9.17, 15) is 18.0 Å². The maximum absolute atomic E-state index is 12.5. The largest absolute Gasteiger partial charge is 0.573 e. The van der Waals surface area contributed by atoms with Crippen LogP contribution in [0.1, 0.15) is 24.2 Å². The summed E-state index contributed by atoms with van der Waals surface area (Å²) < 4.78 is 41.6. The Morgan fingerprint density at radius 3 is 2.61 bits per heavy atom. The standard InChI is InChI=1S/C20H20F3N3O2/c1-26(13-14-7-2-5-10-17(14)28-20(21,22)23)19(27)12-6-11-18-24-15-8-3-4-9-16(15)25-18/h2-5,7-10H,6,11-13H2,1H3,(H,24,25). The van der Waals surface area contributed by atoms with Gasteiger partial charge in [0.25, 0.3) is 0 Å². The summed E-state index contributed by atoms with van der Waals surface area (Å²) in [6.45, 7) is 0.0374. The van der Waals surface area contributed by atoms with E-state index in [0.717, 1.165) is 16.9 Å². The smallest absolute Gasteiger partial charge is 0.405 e. The zero-order valence-corrected chi connectivity index (χ0v) is 15.3. The predicted molar refractivity (Wildman–Crippen MR) is 98.6 cm³/mol. The molecule has 0 aliphatic carbocycles. The quantitative estimate of drug-likeness (QED) is 0.648. The van der Waals surface area contributed by atoms with Crippen LogP contribution in [0.5, 0.6) is 5.75 Å². The van der Waals surface area contributed by atoms with Crippen molar-refractivity contribution in [3.63, 3.8) is 0 Å². The van der Waals surface area contributed by atoms with Gasteiger partial charge in [0.05, 0.1) is 11.0 Å². The van der Waals surface area contributed by atoms with Crippen LogP contribution in [-0.4, -0.2) is 34.2 Å². The van der Waals surface area contributed by atoms with Gasteiger partial charge >= 0.3 is 6.36 Å². The molecule has 0 saturated carbocycles. The molecule has 28 heavy (non-hydrogen) atoms. The first-order chi connectivity index (χ1) is 13.3. The molecule has 0 spiro atoms. The fourth-order valence-electron chi connectivity index (χ4n) is 2.92. The Labute approximate surface area is 160 Å². The Hall–Kier alpha value is -3.03. The predicted octanol–water partition coefficient (Wildman–Crippen LogP) is 4.44. The topological polar surface area (TPSA) is 58.2 Å². The van der Waals surface area contributed by atoms with Crippen molar-refractivity contribution in [3.8, 4) is 5.75 Å². The second kappa shape index (κ2) is 8.33. The van der Waals surface area contributed by atoms with Crippen LogP contribution in [0.25, 0.3) is 11.0 Å². The van der Waals surface area contributed by atoms with Crippen LogP contribution in [0, 0.1) is 0 Å². The minimum Gasteiger partial charge on any atom is -0.405 e. The summed E-state index contributed by atoms with van der Waals surface area (Å²) in [5.74, 6) is 0.357. The van der Waals surface area contributed by atoms with Crippen molar-refractivity contribution < 1.29 is 22.7 Å². The number of H-pyrrole nitrogens is 1. The zero-order valence-electron chi connectivity index (χ0n) is 15.3. The number of imidazole rings is 1. The number of rotatable bonds is 7. The zero-order chi connectivity index (χ0) is 20.1. The number of para-hydroxylation sites is 3. The van der Waals surface area contributed by atoms with Crippen LogP contribution < -0.4 is 4.74 Å². The van der Waals surface area contributed by atoms with Crippen molar-refractivity contribution >= 4 is 16.9 Å². The average Bonchev–Trinajstić information content (AvgIpc) is 3.04. The van der Waals surface area contributed by atoms with Gasteiger partial charge in [0.2, 0.25) is 5.91 Å². The van der Waals surface area contributed by atoms with Crippen molar-refractivity contribution in [1.29, 1.82) is 0 Å². The molecule has 0 radical (unpaired) electrons. The molecule has 0 atom stereocenters. The van der Waals surface area contributed by atoms with E-state index in [1.165, 1.54) is 23.1 Å². The molecule has 2 aromatic carbocycles. The van der Waals surface area contributed by atoms with E-state index in [4.69, 9.17) is 0 Å². The Bertz CT molecular complexity index is 920. The van der Waals surface area contributed by atoms with Crippen LogP contribution in [0.4, 0.5) is 13.2 Å². The number of benzene rings is 2. The molecule has 1 N–H and O–H groups in total. The Morgan fingerprint density at radius 2 is 1.86 bits per heavy atom. The summed E-state index contributed by atoms with van der Waals surface area (Å²) in [5.41, 5.74) is 2.12. The highest BCUT2D eigenvalue weighted by molar-refractivity contribution is 5.76. The summed E-state index contributed by atoms with van der Waals surface area (Å²) in [5, 5.41) is 0. The van der Waals surface area contributed by atoms with Gasteiger partial charge in [0.1, 0.15) is 11.6 Å². The van der Waals surface area contributed by atoms with Crippen molar-refractivity contribution in [2.75, 3.05) is 7.05 Å². The number of aromatic amines is 1. The second-order valence-corrected chi connectivity index (χ2v) is 6.46. The molecule has 0 fully saturated rings. The summed E-state index contributed by atoms with van der Waals surface area (Å²) >= 11 is 0. The van der Waals surface area contributed by atoms with Gasteiger partial charge in [-0.25, -0.2) is 4.98 Å². The fourth-order valence-corrected chi connectivity index (χ4v) is 2.92. The van der Waals surface area contributed by atoms with Gasteiger partial charge in [-0.1, -0.05) is 30.3 Å². The summed E-state index contributed by atoms with van der Waals surface area (Å²) in [7, 11) is 1.56. The summed E-state index contributed by atoms with van der Waals surface area (Å²) in [6, 6.07) is 13.5. The first kappa shape index (κ1) is 19.7. The van der Waals surface area contributed by atoms with Gasteiger partial charge in [-0.3, -0.25) is 4.79 Å². The number of nitrogens with one attached hydrogen (secondary N) is 1. The lowest BCUT2D eigenvalue weighted by molar-refractivity contribution is -0.275. The molecule has 0 bridgehead atoms. The van der Waals surface area contributed by atoms with E-state index < -0.39 is 6.36 Å². The fraction of sp³-hybridized carbons (Fsp3) is 0.300. The minimum absolute atomic E-state index is 0.0374. The molecule has 3 rings (SSSR count). The summed E-state index contributed by atoms with van der Waals surface area (Å²) in [4.78, 5) is 21.4. The third-order valence-corrected chi connectivity index (χ3v) is 4.27. The molecule has 148 valence electrons. The van der Waals surface area contributed by atoms with E-state index in [1.807, 2.05) is 24.3 Å². The van der Waals surface area contributed by atoms with Gasteiger partial charge in [-0.2, -0.15) is 0 Å². The number of fused-ring (bicyclic) bond motifs is 1. The number of carbonyl (C=O) groups excluding carboxylic acids is 1. The molecule has 5 nitrogen and oxygen atoms in total. The number of amides is 1. The summed E-state index contributed by atoms with van der Waals surface area (Å²) in [6.07, 6.45) is -3.30. The number of alkyl halides is 3. The lowest BCUT2D eigenvalue weighted by Crippen LogP contribution is -2.27. The Balaban J connectivity index is 1.53. The number of ether oxygens (including phenoxy) is 1. The molecule has 1 heterocycles. The van der Waals surface area contributed by atoms with E-state index >= 15 is 0 Å². The minimum atomic E-state index is -4.77. The number of nitrogens with zero attached hydrogens (tertiary/aromatic N) is 2. The van der Waals surface area contributed by atoms with Crippen LogP contribution in [-0.2, 0) is 17.8 Å². The number of carbonyl (C=O) groups is 1. The van der Waals surface area contributed by atoms with Crippen LogP contribution in [0.3, 0.4) is 0 Å². The van der Waals surface area contributed by atoms with E-state index in [0.29, 0.717) is 18.4 Å². The molecule has 1 amide bonds. The molecular formula is C20H20F3N3O2. The number of hydrogen-bond donors (Lipinski definition) is 1. The van der Waals surface area contributed by atoms with E-state index in [2.05, 4.69) is 14.7 Å². The van der Waals surface area contributed by atoms with Gasteiger partial charge in [-0.05, 0) is 24.6 Å². The number of hydrogen-bond acceptors (Lipinski definition) is 3. The van der Waals surface area contributed by atoms with Crippen LogP contribution >= 0.6 is 0 Å². The van der Waals surface area contributed by atoms with Gasteiger partial charge in [0.15, 0.2) is 0 Å². The van der Waals surface area contributed by atoms with E-state index in [-0.39, 0.29) is 24.6 Å². The Morgan fingerprint density at radius 1 is 1.14 bits per heavy atom. The average molecular weight is 391 g/mol. The highest BCUT2D eigenvalue weighted by Crippen LogP contribution is 2.27. The van der Waals surface area contributed by atoms with Crippen LogP contribution in [0.2, 0.25) is 0 Å². The lowest BCUT2D eigenvalue weighted by Gasteiger charge is -2.20. The highest BCUT2D eigenvalue weighted by Gasteiger charge is 2.32. The maximum atomic E-state index is 12.5. The first-order valence-corrected chi connectivity index (χ1v) is 8.83. The molecule has 0 aliphatic rings. The second-order valence-electron chi connectivity index (χ2n) is 6.46. The number of aryl methyl sites for hydroxylation is 1. The van der Waals surface area contributed by atoms with E-state index in [1.54, 1.807) is 13.1 Å². The van der Waals surface area contributed by atoms with Gasteiger partial charge in [-0.15, -0.1) is 13.2 Å². The molecule has 0 unspecified atom stereocenters. The number of aromatic nitrogens is 2. The molecule has 8 heteroatoms. The van der Waals surface area contributed by atoms with Crippen molar-refractivity contribution in [2.24, 2.45) is 0 Å². The lowest BCUT2D eigenvalue weighted by atomic mass is 10.1. The van der Waals surface area contributed by atoms with Crippen molar-refractivity contribution in [3.05, 3.63) is 59.9 Å². The van der Waals surface area contributed by atoms with Gasteiger partial charge in [0, 0.05) is 32.0 Å². The van der Waals surface area contributed by atoms with Crippen molar-refractivity contribution in [1.82, 2.24) is 14.9 Å². The van der Waals surface area contributed by atoms with Crippen LogP contribution in [0.15, 0.2) is 48.5 Å². The van der Waals surface area contributed by atoms with Gasteiger partial charge < -0.3 is 14.6 Å². The third-order valence-electron chi connectivity index (χ3n) is 4.27. The Kier molecular flexibility index (Phi) is 5.87. The molecular weight excluding hydrogens is 371 g/mol. The molecule has 0 aliphatic heterocycles. The SMILES string of the molecule is CN(Cc1ccccc1OC(F)(F)F)C(=O)CCCc1nc2ccccc2[nH]1. The number of halogens is 3. The van der Waals surface area contributed by atoms with Crippen molar-refractivity contribution in [2.45, 2.75) is 32.2 Å². The molecule has 3 aromatic rings. The maximum Gasteiger partial charge on any atom is 0.573 e. The first-order valence-electron chi connectivity index (χ1n) is 8.83. The molecule has 0 saturated heterocycles. The molecule has 1 aromatic heterocycles. The highest BCUT2D eigenvalue weighted by atomic mass is 19.4. The monoisotopic (exact) mass is 391 g/mol. The normalized spacial score (nSPS) is 11.6. The third kappa shape index (κ3) is 5.25.